The SMILES string of the molecule is NC1=N[C@](CF)(c2cc(CC(=O)c3ccc(Cl)cn3)ccc2F)C[C@@H](C(F)(F)F)O1. The number of rotatable bonds is 5. The summed E-state index contributed by atoms with van der Waals surface area (Å²) in [6, 6.07) is 5.29. The van der Waals surface area contributed by atoms with Gasteiger partial charge >= 0.3 is 6.18 Å². The molecule has 160 valence electrons. The lowest BCUT2D eigenvalue weighted by Gasteiger charge is -2.36. The average Bonchev–Trinajstić information content (AvgIpc) is 2.68. The van der Waals surface area contributed by atoms with Crippen LogP contribution in [0.1, 0.15) is 28.0 Å². The van der Waals surface area contributed by atoms with Gasteiger partial charge in [-0.25, -0.2) is 13.8 Å². The molecule has 1 aromatic heterocycles. The van der Waals surface area contributed by atoms with Gasteiger partial charge in [0.15, 0.2) is 11.9 Å². The summed E-state index contributed by atoms with van der Waals surface area (Å²) in [5, 5.41) is 0.328. The molecular formula is C19H15ClF5N3O2. The van der Waals surface area contributed by atoms with Crippen LogP contribution in [-0.2, 0) is 16.7 Å². The molecule has 0 unspecified atom stereocenters. The Labute approximate surface area is 172 Å². The third-order valence-corrected chi connectivity index (χ3v) is 4.83. The molecule has 1 aliphatic heterocycles. The van der Waals surface area contributed by atoms with Crippen LogP contribution in [0.2, 0.25) is 5.02 Å². The number of benzene rings is 1. The highest BCUT2D eigenvalue weighted by Gasteiger charge is 2.52. The maximum Gasteiger partial charge on any atom is 0.425 e. The van der Waals surface area contributed by atoms with Gasteiger partial charge in [-0.2, -0.15) is 13.2 Å². The van der Waals surface area contributed by atoms with Crippen LogP contribution in [0, 0.1) is 5.82 Å². The topological polar surface area (TPSA) is 77.6 Å². The van der Waals surface area contributed by atoms with Crippen LogP contribution in [0.15, 0.2) is 41.5 Å². The third kappa shape index (κ3) is 4.53. The second-order valence-corrected chi connectivity index (χ2v) is 7.18. The second kappa shape index (κ2) is 8.17. The molecule has 1 aromatic carbocycles. The number of hydrogen-bond acceptors (Lipinski definition) is 5. The van der Waals surface area contributed by atoms with Crippen LogP contribution >= 0.6 is 11.6 Å². The lowest BCUT2D eigenvalue weighted by Crippen LogP contribution is -2.48. The predicted octanol–water partition coefficient (Wildman–Crippen LogP) is 4.13. The number of aliphatic imine (C=N–C) groups is 1. The zero-order valence-electron chi connectivity index (χ0n) is 15.2. The smallest absolute Gasteiger partial charge is 0.425 e. The Hall–Kier alpha value is -2.75. The van der Waals surface area contributed by atoms with Crippen molar-refractivity contribution < 1.29 is 31.5 Å². The highest BCUT2D eigenvalue weighted by Crippen LogP contribution is 2.41. The highest BCUT2D eigenvalue weighted by atomic mass is 35.5. The molecule has 2 atom stereocenters. The Bertz CT molecular complexity index is 981. The van der Waals surface area contributed by atoms with Crippen LogP contribution in [0.5, 0.6) is 0 Å². The van der Waals surface area contributed by atoms with Crippen molar-refractivity contribution in [2.75, 3.05) is 6.67 Å². The van der Waals surface area contributed by atoms with Gasteiger partial charge in [-0.1, -0.05) is 17.7 Å². The molecule has 3 rings (SSSR count). The van der Waals surface area contributed by atoms with E-state index in [4.69, 9.17) is 17.3 Å². The summed E-state index contributed by atoms with van der Waals surface area (Å²) in [4.78, 5) is 19.9. The van der Waals surface area contributed by atoms with Crippen LogP contribution in [0.25, 0.3) is 0 Å². The lowest BCUT2D eigenvalue weighted by molar-refractivity contribution is -0.209. The summed E-state index contributed by atoms with van der Waals surface area (Å²) < 4.78 is 72.5. The molecule has 0 saturated carbocycles. The highest BCUT2D eigenvalue weighted by molar-refractivity contribution is 6.30. The Balaban J connectivity index is 1.96. The standard InChI is InChI=1S/C19H15ClF5N3O2/c20-11-2-4-14(27-8-11)15(29)6-10-1-3-13(22)12(5-10)18(9-21)7-16(19(23,24)25)30-17(26)28-18/h1-5,8,16H,6-7,9H2,(H2,26,28)/t16-,18+/m0/s1. The van der Waals surface area contributed by atoms with Gasteiger partial charge in [0.2, 0.25) is 0 Å². The van der Waals surface area contributed by atoms with Crippen molar-refractivity contribution >= 4 is 23.4 Å². The van der Waals surface area contributed by atoms with Gasteiger partial charge in [0.1, 0.15) is 23.7 Å². The van der Waals surface area contributed by atoms with Crippen molar-refractivity contribution in [1.82, 2.24) is 4.98 Å². The number of ketones is 1. The van der Waals surface area contributed by atoms with E-state index in [-0.39, 0.29) is 17.7 Å². The van der Waals surface area contributed by atoms with E-state index in [9.17, 15) is 26.7 Å². The van der Waals surface area contributed by atoms with E-state index in [1.807, 2.05) is 0 Å². The van der Waals surface area contributed by atoms with Gasteiger partial charge in [-0.15, -0.1) is 0 Å². The summed E-state index contributed by atoms with van der Waals surface area (Å²) in [6.07, 6.45) is -7.28. The van der Waals surface area contributed by atoms with E-state index in [1.165, 1.54) is 24.4 Å². The number of ether oxygens (including phenoxy) is 1. The molecule has 2 aromatic rings. The van der Waals surface area contributed by atoms with Gasteiger partial charge in [0, 0.05) is 24.6 Å². The molecule has 0 radical (unpaired) electrons. The fourth-order valence-electron chi connectivity index (χ4n) is 3.14. The second-order valence-electron chi connectivity index (χ2n) is 6.74. The number of nitrogens with two attached hydrogens (primary N) is 1. The molecule has 0 aliphatic carbocycles. The van der Waals surface area contributed by atoms with Crippen molar-refractivity contribution in [3.8, 4) is 0 Å². The van der Waals surface area contributed by atoms with Crippen molar-refractivity contribution in [1.29, 1.82) is 0 Å². The molecule has 0 amide bonds. The largest absolute Gasteiger partial charge is 0.452 e. The predicted molar refractivity (Wildman–Crippen MR) is 98.5 cm³/mol. The minimum atomic E-state index is -4.86. The van der Waals surface area contributed by atoms with Gasteiger partial charge in [0.05, 0.1) is 5.02 Å². The Kier molecular flexibility index (Phi) is 5.98. The van der Waals surface area contributed by atoms with Crippen LogP contribution < -0.4 is 5.73 Å². The number of nitrogens with zero attached hydrogens (tertiary/aromatic N) is 2. The minimum Gasteiger partial charge on any atom is -0.452 e. The number of carbonyl (C=O) groups excluding carboxylic acids is 1. The van der Waals surface area contributed by atoms with E-state index in [0.717, 1.165) is 12.1 Å². The number of carbonyl (C=O) groups is 1. The van der Waals surface area contributed by atoms with Gasteiger partial charge in [-0.05, 0) is 29.8 Å². The number of Topliss-reactive ketones (excluding diaryl/α,β-unsaturated/α-hetero) is 1. The zero-order chi connectivity index (χ0) is 22.1. The van der Waals surface area contributed by atoms with Crippen molar-refractivity contribution in [3.05, 3.63) is 64.2 Å². The maximum absolute atomic E-state index is 14.5. The number of aromatic nitrogens is 1. The molecule has 1 aliphatic rings. The molecular weight excluding hydrogens is 433 g/mol. The number of hydrogen-bond donors (Lipinski definition) is 1. The van der Waals surface area contributed by atoms with Crippen molar-refractivity contribution in [2.24, 2.45) is 10.7 Å². The molecule has 0 bridgehead atoms. The molecule has 30 heavy (non-hydrogen) atoms. The fourth-order valence-corrected chi connectivity index (χ4v) is 3.25. The first-order chi connectivity index (χ1) is 14.0. The van der Waals surface area contributed by atoms with Crippen LogP contribution in [0.3, 0.4) is 0 Å². The van der Waals surface area contributed by atoms with Gasteiger partial charge in [-0.3, -0.25) is 9.78 Å². The Morgan fingerprint density at radius 3 is 2.63 bits per heavy atom. The molecule has 0 saturated heterocycles. The quantitative estimate of drug-likeness (QED) is 0.552. The van der Waals surface area contributed by atoms with E-state index in [2.05, 4.69) is 14.7 Å². The van der Waals surface area contributed by atoms with Crippen molar-refractivity contribution in [3.63, 3.8) is 0 Å². The Morgan fingerprint density at radius 2 is 2.03 bits per heavy atom. The average molecular weight is 448 g/mol. The van der Waals surface area contributed by atoms with Crippen molar-refractivity contribution in [2.45, 2.75) is 30.7 Å². The monoisotopic (exact) mass is 447 g/mol. The molecule has 11 heteroatoms. The Morgan fingerprint density at radius 1 is 1.30 bits per heavy atom. The minimum absolute atomic E-state index is 0.0935. The summed E-state index contributed by atoms with van der Waals surface area (Å²) in [7, 11) is 0. The summed E-state index contributed by atoms with van der Waals surface area (Å²) in [5.74, 6) is -1.42. The number of halogens is 6. The van der Waals surface area contributed by atoms with E-state index >= 15 is 0 Å². The molecule has 0 fully saturated rings. The first-order valence-electron chi connectivity index (χ1n) is 8.62. The van der Waals surface area contributed by atoms with E-state index in [1.54, 1.807) is 0 Å². The first-order valence-corrected chi connectivity index (χ1v) is 9.00. The summed E-state index contributed by atoms with van der Waals surface area (Å²) in [6.45, 7) is -1.45. The lowest BCUT2D eigenvalue weighted by atomic mass is 9.83. The summed E-state index contributed by atoms with van der Waals surface area (Å²) >= 11 is 5.72. The maximum atomic E-state index is 14.5. The molecule has 2 N–H and O–H groups in total. The third-order valence-electron chi connectivity index (χ3n) is 4.61. The van der Waals surface area contributed by atoms with Gasteiger partial charge < -0.3 is 10.5 Å². The summed E-state index contributed by atoms with van der Waals surface area (Å²) in [5.41, 5.74) is 2.99. The molecule has 2 heterocycles. The van der Waals surface area contributed by atoms with E-state index < -0.39 is 54.1 Å². The number of amidine groups is 1. The van der Waals surface area contributed by atoms with E-state index in [0.29, 0.717) is 5.02 Å². The normalized spacial score (nSPS) is 21.7. The van der Waals surface area contributed by atoms with Gasteiger partial charge in [0.25, 0.3) is 6.02 Å². The number of pyridine rings is 1. The van der Waals surface area contributed by atoms with Crippen LogP contribution in [0.4, 0.5) is 22.0 Å². The first kappa shape index (κ1) is 21.9. The fraction of sp³-hybridized carbons (Fsp3) is 0.316. The molecule has 5 nitrogen and oxygen atoms in total. The molecule has 0 spiro atoms. The number of alkyl halides is 4. The van der Waals surface area contributed by atoms with Crippen LogP contribution in [-0.4, -0.2) is 35.7 Å². The zero-order valence-corrected chi connectivity index (χ0v) is 16.0.